The van der Waals surface area contributed by atoms with E-state index in [-0.39, 0.29) is 0 Å². The van der Waals surface area contributed by atoms with Crippen LogP contribution in [0.5, 0.6) is 0 Å². The second kappa shape index (κ2) is 4.53. The Morgan fingerprint density at radius 2 is 2.00 bits per heavy atom. The van der Waals surface area contributed by atoms with Crippen LogP contribution in [0.4, 0.5) is 5.82 Å². The molecule has 0 aromatic carbocycles. The average Bonchev–Trinajstić information content (AvgIpc) is 2.77. The summed E-state index contributed by atoms with van der Waals surface area (Å²) < 4.78 is 1.66. The number of hydrogen-bond acceptors (Lipinski definition) is 4. The monoisotopic (exact) mass is 251 g/mol. The third-order valence-corrected chi connectivity index (χ3v) is 2.95. The molecule has 0 saturated carbocycles. The number of nitrogens with two attached hydrogens (primary N) is 1. The van der Waals surface area contributed by atoms with E-state index in [2.05, 4.69) is 15.1 Å². The highest BCUT2D eigenvalue weighted by atomic mass is 15.3. The van der Waals surface area contributed by atoms with Gasteiger partial charge in [-0.15, -0.1) is 0 Å². The summed E-state index contributed by atoms with van der Waals surface area (Å²) >= 11 is 0. The minimum atomic E-state index is 0.605. The van der Waals surface area contributed by atoms with Crippen molar-refractivity contribution in [2.75, 3.05) is 5.73 Å². The molecule has 94 valence electrons. The standard InChI is InChI=1S/C14H13N5/c1-19-14(15)12(10-5-4-7-16-9-10)13(18-19)11-6-2-3-8-17-11/h2-9H,15H2,1H3. The highest BCUT2D eigenvalue weighted by Gasteiger charge is 2.17. The molecule has 0 fully saturated rings. The molecule has 0 amide bonds. The van der Waals surface area contributed by atoms with Gasteiger partial charge in [0, 0.05) is 31.2 Å². The zero-order chi connectivity index (χ0) is 13.2. The van der Waals surface area contributed by atoms with Crippen molar-refractivity contribution in [2.45, 2.75) is 0 Å². The normalized spacial score (nSPS) is 10.6. The van der Waals surface area contributed by atoms with Crippen LogP contribution in [0.25, 0.3) is 22.5 Å². The lowest BCUT2D eigenvalue weighted by Crippen LogP contribution is -1.98. The van der Waals surface area contributed by atoms with Crippen molar-refractivity contribution in [1.29, 1.82) is 0 Å². The summed E-state index contributed by atoms with van der Waals surface area (Å²) in [5.41, 5.74) is 9.50. The van der Waals surface area contributed by atoms with Crippen LogP contribution in [0, 0.1) is 0 Å². The molecule has 0 bridgehead atoms. The molecule has 0 saturated heterocycles. The smallest absolute Gasteiger partial charge is 0.130 e. The Morgan fingerprint density at radius 3 is 2.68 bits per heavy atom. The lowest BCUT2D eigenvalue weighted by molar-refractivity contribution is 0.781. The summed E-state index contributed by atoms with van der Waals surface area (Å²) in [6.07, 6.45) is 5.25. The summed E-state index contributed by atoms with van der Waals surface area (Å²) in [6.45, 7) is 0. The first-order valence-electron chi connectivity index (χ1n) is 5.91. The van der Waals surface area contributed by atoms with Gasteiger partial charge in [0.25, 0.3) is 0 Å². The first-order chi connectivity index (χ1) is 9.27. The number of nitrogens with zero attached hydrogens (tertiary/aromatic N) is 4. The Balaban J connectivity index is 2.25. The third kappa shape index (κ3) is 1.95. The molecule has 3 aromatic rings. The maximum absolute atomic E-state index is 6.12. The van der Waals surface area contributed by atoms with E-state index in [1.807, 2.05) is 37.4 Å². The van der Waals surface area contributed by atoms with Gasteiger partial charge >= 0.3 is 0 Å². The van der Waals surface area contributed by atoms with Gasteiger partial charge in [0.15, 0.2) is 0 Å². The molecule has 3 aromatic heterocycles. The minimum Gasteiger partial charge on any atom is -0.383 e. The van der Waals surface area contributed by atoms with Gasteiger partial charge in [0.2, 0.25) is 0 Å². The Kier molecular flexibility index (Phi) is 2.72. The van der Waals surface area contributed by atoms with Gasteiger partial charge < -0.3 is 5.73 Å². The quantitative estimate of drug-likeness (QED) is 0.757. The van der Waals surface area contributed by atoms with Gasteiger partial charge in [0.1, 0.15) is 11.5 Å². The molecule has 2 N–H and O–H groups in total. The van der Waals surface area contributed by atoms with Crippen molar-refractivity contribution >= 4 is 5.82 Å². The lowest BCUT2D eigenvalue weighted by Gasteiger charge is -2.02. The molecule has 0 radical (unpaired) electrons. The number of rotatable bonds is 2. The second-order valence-corrected chi connectivity index (χ2v) is 4.19. The predicted octanol–water partition coefficient (Wildman–Crippen LogP) is 2.13. The molecule has 0 unspecified atom stereocenters. The summed E-state index contributed by atoms with van der Waals surface area (Å²) in [6, 6.07) is 9.57. The molecule has 5 nitrogen and oxygen atoms in total. The number of pyridine rings is 2. The number of nitrogen functional groups attached to an aromatic ring is 1. The van der Waals surface area contributed by atoms with Crippen molar-refractivity contribution in [2.24, 2.45) is 7.05 Å². The van der Waals surface area contributed by atoms with E-state index >= 15 is 0 Å². The first kappa shape index (κ1) is 11.4. The Morgan fingerprint density at radius 1 is 1.11 bits per heavy atom. The Bertz CT molecular complexity index is 689. The molecule has 19 heavy (non-hydrogen) atoms. The van der Waals surface area contributed by atoms with E-state index in [1.54, 1.807) is 23.3 Å². The molecular weight excluding hydrogens is 238 g/mol. The first-order valence-corrected chi connectivity index (χ1v) is 5.91. The molecule has 0 atom stereocenters. The maximum atomic E-state index is 6.12. The van der Waals surface area contributed by atoms with Gasteiger partial charge in [-0.3, -0.25) is 14.6 Å². The van der Waals surface area contributed by atoms with Crippen LogP contribution in [0.15, 0.2) is 48.9 Å². The van der Waals surface area contributed by atoms with E-state index in [0.717, 1.165) is 22.5 Å². The van der Waals surface area contributed by atoms with Crippen LogP contribution < -0.4 is 5.73 Å². The molecule has 0 spiro atoms. The Hall–Kier alpha value is -2.69. The van der Waals surface area contributed by atoms with Crippen molar-refractivity contribution in [3.63, 3.8) is 0 Å². The molecular formula is C14H13N5. The van der Waals surface area contributed by atoms with E-state index in [4.69, 9.17) is 5.73 Å². The molecule has 0 aliphatic heterocycles. The molecule has 3 rings (SSSR count). The van der Waals surface area contributed by atoms with Gasteiger partial charge in [-0.2, -0.15) is 5.10 Å². The number of aryl methyl sites for hydroxylation is 1. The summed E-state index contributed by atoms with van der Waals surface area (Å²) in [5, 5.41) is 4.46. The van der Waals surface area contributed by atoms with E-state index in [1.165, 1.54) is 0 Å². The molecule has 3 heterocycles. The van der Waals surface area contributed by atoms with E-state index < -0.39 is 0 Å². The zero-order valence-electron chi connectivity index (χ0n) is 10.5. The fourth-order valence-electron chi connectivity index (χ4n) is 2.01. The molecule has 0 aliphatic rings. The summed E-state index contributed by atoms with van der Waals surface area (Å²) in [7, 11) is 1.82. The van der Waals surface area contributed by atoms with Crippen molar-refractivity contribution in [1.82, 2.24) is 19.7 Å². The number of anilines is 1. The van der Waals surface area contributed by atoms with Crippen LogP contribution in [-0.4, -0.2) is 19.7 Å². The van der Waals surface area contributed by atoms with Gasteiger partial charge in [-0.25, -0.2) is 0 Å². The highest BCUT2D eigenvalue weighted by molar-refractivity contribution is 5.86. The van der Waals surface area contributed by atoms with E-state index in [9.17, 15) is 0 Å². The summed E-state index contributed by atoms with van der Waals surface area (Å²) in [5.74, 6) is 0.605. The van der Waals surface area contributed by atoms with Crippen LogP contribution in [-0.2, 0) is 7.05 Å². The van der Waals surface area contributed by atoms with Crippen molar-refractivity contribution in [3.05, 3.63) is 48.9 Å². The second-order valence-electron chi connectivity index (χ2n) is 4.19. The van der Waals surface area contributed by atoms with Gasteiger partial charge in [0.05, 0.1) is 11.3 Å². The van der Waals surface area contributed by atoms with Crippen molar-refractivity contribution < 1.29 is 0 Å². The molecule has 0 aliphatic carbocycles. The third-order valence-electron chi connectivity index (χ3n) is 2.95. The minimum absolute atomic E-state index is 0.605. The van der Waals surface area contributed by atoms with Gasteiger partial charge in [-0.1, -0.05) is 12.1 Å². The van der Waals surface area contributed by atoms with Gasteiger partial charge in [-0.05, 0) is 18.2 Å². The molecule has 5 heteroatoms. The van der Waals surface area contributed by atoms with Crippen LogP contribution in [0.1, 0.15) is 0 Å². The topological polar surface area (TPSA) is 69.6 Å². The maximum Gasteiger partial charge on any atom is 0.130 e. The predicted molar refractivity (Wildman–Crippen MR) is 74.1 cm³/mol. The summed E-state index contributed by atoms with van der Waals surface area (Å²) in [4.78, 5) is 8.47. The van der Waals surface area contributed by atoms with Crippen LogP contribution in [0.3, 0.4) is 0 Å². The van der Waals surface area contributed by atoms with Crippen LogP contribution in [0.2, 0.25) is 0 Å². The zero-order valence-corrected chi connectivity index (χ0v) is 10.5. The van der Waals surface area contributed by atoms with Crippen LogP contribution >= 0.6 is 0 Å². The van der Waals surface area contributed by atoms with E-state index in [0.29, 0.717) is 5.82 Å². The highest BCUT2D eigenvalue weighted by Crippen LogP contribution is 2.34. The van der Waals surface area contributed by atoms with Crippen molar-refractivity contribution in [3.8, 4) is 22.5 Å². The fraction of sp³-hybridized carbons (Fsp3) is 0.0714. The number of hydrogen-bond donors (Lipinski definition) is 1. The number of aromatic nitrogens is 4. The largest absolute Gasteiger partial charge is 0.383 e. The SMILES string of the molecule is Cn1nc(-c2ccccn2)c(-c2cccnc2)c1N. The fourth-order valence-corrected chi connectivity index (χ4v) is 2.01. The lowest BCUT2D eigenvalue weighted by atomic mass is 10.1. The average molecular weight is 251 g/mol. The Labute approximate surface area is 110 Å².